The first-order valence-corrected chi connectivity index (χ1v) is 4.64. The monoisotopic (exact) mass is 173 g/mol. The maximum atomic E-state index is 5.34. The van der Waals surface area contributed by atoms with E-state index in [1.165, 1.54) is 5.56 Å². The molecular weight excluding hydrogens is 158 g/mol. The lowest BCUT2D eigenvalue weighted by Gasteiger charge is -1.94. The van der Waals surface area contributed by atoms with Crippen molar-refractivity contribution in [2.45, 2.75) is 19.8 Å². The van der Waals surface area contributed by atoms with Gasteiger partial charge in [-0.05, 0) is 24.1 Å². The minimum Gasteiger partial charge on any atom is -0.330 e. The summed E-state index contributed by atoms with van der Waals surface area (Å²) < 4.78 is 0. The summed E-state index contributed by atoms with van der Waals surface area (Å²) in [6.07, 6.45) is 1.85. The van der Waals surface area contributed by atoms with Crippen molar-refractivity contribution in [2.75, 3.05) is 6.54 Å². The fraction of sp³-hybridized carbons (Fsp3) is 0.333. The van der Waals surface area contributed by atoms with Crippen LogP contribution in [0.3, 0.4) is 0 Å². The highest BCUT2D eigenvalue weighted by atomic mass is 14.5. The molecule has 68 valence electrons. The van der Waals surface area contributed by atoms with Crippen LogP contribution in [0, 0.1) is 11.8 Å². The lowest BCUT2D eigenvalue weighted by atomic mass is 10.1. The van der Waals surface area contributed by atoms with E-state index < -0.39 is 0 Å². The van der Waals surface area contributed by atoms with Crippen LogP contribution in [-0.2, 0) is 6.42 Å². The first-order valence-electron chi connectivity index (χ1n) is 4.64. The Kier molecular flexibility index (Phi) is 4.08. The Morgan fingerprint density at radius 3 is 2.46 bits per heavy atom. The second-order valence-electron chi connectivity index (χ2n) is 2.89. The molecule has 1 rings (SSSR count). The van der Waals surface area contributed by atoms with Crippen LogP contribution < -0.4 is 5.73 Å². The Morgan fingerprint density at radius 1 is 1.23 bits per heavy atom. The van der Waals surface area contributed by atoms with Crippen molar-refractivity contribution in [3.63, 3.8) is 0 Å². The highest BCUT2D eigenvalue weighted by Crippen LogP contribution is 2.03. The fourth-order valence-electron chi connectivity index (χ4n) is 1.06. The zero-order chi connectivity index (χ0) is 9.52. The number of aryl methyl sites for hydroxylation is 1. The van der Waals surface area contributed by atoms with Gasteiger partial charge in [0, 0.05) is 18.5 Å². The van der Waals surface area contributed by atoms with Crippen LogP contribution >= 0.6 is 0 Å². The summed E-state index contributed by atoms with van der Waals surface area (Å²) >= 11 is 0. The van der Waals surface area contributed by atoms with Gasteiger partial charge in [0.1, 0.15) is 0 Å². The molecule has 1 aromatic rings. The van der Waals surface area contributed by atoms with Crippen molar-refractivity contribution in [3.8, 4) is 11.8 Å². The molecule has 0 spiro atoms. The van der Waals surface area contributed by atoms with Crippen molar-refractivity contribution in [1.29, 1.82) is 0 Å². The van der Waals surface area contributed by atoms with Gasteiger partial charge in [-0.1, -0.05) is 30.9 Å². The number of hydrogen-bond donors (Lipinski definition) is 1. The van der Waals surface area contributed by atoms with Crippen molar-refractivity contribution in [3.05, 3.63) is 35.4 Å². The SMILES string of the molecule is CCc1ccc(C#CCCN)cc1. The molecule has 0 aliphatic carbocycles. The Morgan fingerprint density at radius 2 is 1.92 bits per heavy atom. The van der Waals surface area contributed by atoms with Gasteiger partial charge < -0.3 is 5.73 Å². The second kappa shape index (κ2) is 5.40. The normalized spacial score (nSPS) is 9.08. The van der Waals surface area contributed by atoms with E-state index in [-0.39, 0.29) is 0 Å². The van der Waals surface area contributed by atoms with Crippen LogP contribution in [-0.4, -0.2) is 6.54 Å². The van der Waals surface area contributed by atoms with Crippen LogP contribution in [0.4, 0.5) is 0 Å². The van der Waals surface area contributed by atoms with E-state index in [9.17, 15) is 0 Å². The molecule has 0 aromatic heterocycles. The van der Waals surface area contributed by atoms with Crippen molar-refractivity contribution in [2.24, 2.45) is 5.73 Å². The molecule has 0 radical (unpaired) electrons. The van der Waals surface area contributed by atoms with Crippen molar-refractivity contribution >= 4 is 0 Å². The number of hydrogen-bond acceptors (Lipinski definition) is 1. The summed E-state index contributed by atoms with van der Waals surface area (Å²) in [4.78, 5) is 0. The lowest BCUT2D eigenvalue weighted by molar-refractivity contribution is 1.03. The van der Waals surface area contributed by atoms with Crippen LogP contribution in [0.5, 0.6) is 0 Å². The molecule has 1 heteroatoms. The largest absolute Gasteiger partial charge is 0.330 e. The Hall–Kier alpha value is -1.26. The Balaban J connectivity index is 2.65. The second-order valence-corrected chi connectivity index (χ2v) is 2.89. The molecular formula is C12H15N. The molecule has 0 aliphatic rings. The quantitative estimate of drug-likeness (QED) is 0.680. The number of rotatable bonds is 2. The van der Waals surface area contributed by atoms with E-state index >= 15 is 0 Å². The Labute approximate surface area is 80.0 Å². The first kappa shape index (κ1) is 9.83. The van der Waals surface area contributed by atoms with Gasteiger partial charge in [0.05, 0.1) is 0 Å². The first-order chi connectivity index (χ1) is 6.36. The third-order valence-corrected chi connectivity index (χ3v) is 1.86. The number of nitrogens with two attached hydrogens (primary N) is 1. The summed E-state index contributed by atoms with van der Waals surface area (Å²) in [7, 11) is 0. The van der Waals surface area contributed by atoms with Gasteiger partial charge in [-0.15, -0.1) is 0 Å². The van der Waals surface area contributed by atoms with Gasteiger partial charge >= 0.3 is 0 Å². The van der Waals surface area contributed by atoms with Crippen LogP contribution in [0.25, 0.3) is 0 Å². The molecule has 1 aromatic carbocycles. The molecule has 0 fully saturated rings. The predicted octanol–water partition coefficient (Wildman–Crippen LogP) is 1.95. The molecule has 0 saturated heterocycles. The molecule has 0 saturated carbocycles. The van der Waals surface area contributed by atoms with E-state index in [0.29, 0.717) is 6.54 Å². The molecule has 1 nitrogen and oxygen atoms in total. The average molecular weight is 173 g/mol. The average Bonchev–Trinajstić information content (AvgIpc) is 2.19. The minimum atomic E-state index is 0.639. The maximum Gasteiger partial charge on any atom is 0.0245 e. The molecule has 0 heterocycles. The summed E-state index contributed by atoms with van der Waals surface area (Å²) in [5.41, 5.74) is 7.76. The predicted molar refractivity (Wildman–Crippen MR) is 56.4 cm³/mol. The zero-order valence-electron chi connectivity index (χ0n) is 8.01. The standard InChI is InChI=1S/C12H15N/c1-2-11-6-8-12(9-7-11)5-3-4-10-13/h6-9H,2,4,10,13H2,1H3. The third kappa shape index (κ3) is 3.31. The summed E-state index contributed by atoms with van der Waals surface area (Å²) in [6.45, 7) is 2.79. The topological polar surface area (TPSA) is 26.0 Å². The molecule has 0 aliphatic heterocycles. The molecule has 0 amide bonds. The summed E-state index contributed by atoms with van der Waals surface area (Å²) in [5, 5.41) is 0. The molecule has 2 N–H and O–H groups in total. The molecule has 13 heavy (non-hydrogen) atoms. The van der Waals surface area contributed by atoms with Gasteiger partial charge in [-0.2, -0.15) is 0 Å². The van der Waals surface area contributed by atoms with E-state index in [1.54, 1.807) is 0 Å². The minimum absolute atomic E-state index is 0.639. The van der Waals surface area contributed by atoms with Crippen molar-refractivity contribution < 1.29 is 0 Å². The zero-order valence-corrected chi connectivity index (χ0v) is 8.01. The van der Waals surface area contributed by atoms with E-state index in [1.807, 2.05) is 0 Å². The summed E-state index contributed by atoms with van der Waals surface area (Å²) in [5.74, 6) is 6.08. The lowest BCUT2D eigenvalue weighted by Crippen LogP contribution is -1.95. The highest BCUT2D eigenvalue weighted by Gasteiger charge is 1.87. The van der Waals surface area contributed by atoms with Crippen molar-refractivity contribution in [1.82, 2.24) is 0 Å². The maximum absolute atomic E-state index is 5.34. The molecule has 0 unspecified atom stereocenters. The molecule has 0 bridgehead atoms. The smallest absolute Gasteiger partial charge is 0.0245 e. The number of benzene rings is 1. The van der Waals surface area contributed by atoms with E-state index in [2.05, 4.69) is 43.0 Å². The Bertz CT molecular complexity index is 300. The third-order valence-electron chi connectivity index (χ3n) is 1.86. The summed E-state index contributed by atoms with van der Waals surface area (Å²) in [6, 6.07) is 8.35. The molecule has 0 atom stereocenters. The highest BCUT2D eigenvalue weighted by molar-refractivity contribution is 5.36. The van der Waals surface area contributed by atoms with Gasteiger partial charge in [0.2, 0.25) is 0 Å². The van der Waals surface area contributed by atoms with Gasteiger partial charge in [-0.3, -0.25) is 0 Å². The van der Waals surface area contributed by atoms with Gasteiger partial charge in [0.25, 0.3) is 0 Å². The van der Waals surface area contributed by atoms with Gasteiger partial charge in [0.15, 0.2) is 0 Å². The van der Waals surface area contributed by atoms with E-state index in [0.717, 1.165) is 18.4 Å². The fourth-order valence-corrected chi connectivity index (χ4v) is 1.06. The van der Waals surface area contributed by atoms with Crippen LogP contribution in [0.1, 0.15) is 24.5 Å². The van der Waals surface area contributed by atoms with Gasteiger partial charge in [-0.25, -0.2) is 0 Å². The van der Waals surface area contributed by atoms with E-state index in [4.69, 9.17) is 5.73 Å². The van der Waals surface area contributed by atoms with Crippen LogP contribution in [0.2, 0.25) is 0 Å². The van der Waals surface area contributed by atoms with Crippen LogP contribution in [0.15, 0.2) is 24.3 Å².